The predicted octanol–water partition coefficient (Wildman–Crippen LogP) is 0.0551. The molecule has 2 aromatic heterocycles. The van der Waals surface area contributed by atoms with Crippen LogP contribution in [0.4, 0.5) is 11.6 Å². The number of nitrogen functional groups attached to an aromatic ring is 2. The number of guanidine groups is 1. The van der Waals surface area contributed by atoms with Gasteiger partial charge in [-0.15, -0.1) is 0 Å². The highest BCUT2D eigenvalue weighted by atomic mass is 16.7. The van der Waals surface area contributed by atoms with Crippen molar-refractivity contribution in [2.24, 2.45) is 10.7 Å². The van der Waals surface area contributed by atoms with Gasteiger partial charge in [0.1, 0.15) is 52.8 Å². The predicted molar refractivity (Wildman–Crippen MR) is 209 cm³/mol. The van der Waals surface area contributed by atoms with Crippen LogP contribution in [0.25, 0.3) is 0 Å². The maximum Gasteiger partial charge on any atom is 0.229 e. The number of rotatable bonds is 14. The van der Waals surface area contributed by atoms with Crippen LogP contribution in [0.1, 0.15) is 73.0 Å². The van der Waals surface area contributed by atoms with Gasteiger partial charge in [0, 0.05) is 48.8 Å². The third-order valence-electron chi connectivity index (χ3n) is 10.6. The molecule has 0 saturated carbocycles. The van der Waals surface area contributed by atoms with Crippen LogP contribution in [0, 0.1) is 0 Å². The smallest absolute Gasteiger partial charge is 0.229 e. The van der Waals surface area contributed by atoms with Crippen LogP contribution in [0.15, 0.2) is 59.9 Å². The van der Waals surface area contributed by atoms with Gasteiger partial charge in [0.05, 0.1) is 30.9 Å². The maximum atomic E-state index is 14.7. The summed E-state index contributed by atoms with van der Waals surface area (Å²) in [4.78, 5) is 41.1. The second-order valence-corrected chi connectivity index (χ2v) is 14.1. The summed E-state index contributed by atoms with van der Waals surface area (Å²) in [6.45, 7) is -1.15. The molecule has 6 atom stereocenters. The summed E-state index contributed by atoms with van der Waals surface area (Å²) >= 11 is 0. The number of aryl methyl sites for hydroxylation is 3. The van der Waals surface area contributed by atoms with E-state index in [1.165, 1.54) is 38.6 Å². The zero-order valence-electron chi connectivity index (χ0n) is 31.8. The molecule has 0 spiro atoms. The number of phenolic OH excluding ortho intramolecular Hbond substituents is 1. The van der Waals surface area contributed by atoms with E-state index in [1.54, 1.807) is 30.5 Å². The number of aromatic nitrogens is 2. The number of carbonyl (C=O) groups excluding carboxylic acids is 2. The van der Waals surface area contributed by atoms with Gasteiger partial charge < -0.3 is 67.4 Å². The number of hydrogen-bond donors (Lipinski definition) is 10. The van der Waals surface area contributed by atoms with E-state index in [1.807, 2.05) is 0 Å². The van der Waals surface area contributed by atoms with E-state index >= 15 is 0 Å². The number of nitrogens with one attached hydrogen (secondary N) is 1. The lowest BCUT2D eigenvalue weighted by Crippen LogP contribution is -2.68. The molecule has 13 N–H and O–H groups in total. The molecule has 1 aliphatic heterocycles. The fourth-order valence-electron chi connectivity index (χ4n) is 7.47. The van der Waals surface area contributed by atoms with Crippen molar-refractivity contribution in [1.82, 2.24) is 15.3 Å². The third kappa shape index (κ3) is 8.11. The van der Waals surface area contributed by atoms with Crippen molar-refractivity contribution in [3.05, 3.63) is 99.4 Å². The van der Waals surface area contributed by atoms with Crippen LogP contribution in [0.5, 0.6) is 17.2 Å². The topological polar surface area (TPSA) is 311 Å². The molecule has 0 amide bonds. The molecule has 58 heavy (non-hydrogen) atoms. The number of aliphatic imine (C=N–C) groups is 1. The van der Waals surface area contributed by atoms with Crippen molar-refractivity contribution in [2.45, 2.75) is 68.3 Å². The van der Waals surface area contributed by atoms with E-state index in [2.05, 4.69) is 20.3 Å². The third-order valence-corrected chi connectivity index (χ3v) is 10.6. The van der Waals surface area contributed by atoms with Crippen LogP contribution in [0.2, 0.25) is 0 Å². The number of phenols is 1. The van der Waals surface area contributed by atoms with E-state index in [9.17, 15) is 40.2 Å². The second-order valence-electron chi connectivity index (χ2n) is 14.1. The molecule has 6 rings (SSSR count). The number of anilines is 2. The number of pyridine rings is 2. The summed E-state index contributed by atoms with van der Waals surface area (Å²) in [6, 6.07) is 9.92. The van der Waals surface area contributed by atoms with Gasteiger partial charge in [-0.1, -0.05) is 6.07 Å². The highest BCUT2D eigenvalue weighted by molar-refractivity contribution is 6.30. The van der Waals surface area contributed by atoms with Crippen LogP contribution in [-0.2, 0) is 24.0 Å². The molecule has 3 heterocycles. The Bertz CT molecular complexity index is 2200. The lowest BCUT2D eigenvalue weighted by molar-refractivity contribution is -0.314. The van der Waals surface area contributed by atoms with Gasteiger partial charge in [-0.25, -0.2) is 9.97 Å². The molecule has 1 aliphatic carbocycles. The van der Waals surface area contributed by atoms with E-state index in [0.717, 1.165) is 5.56 Å². The van der Waals surface area contributed by atoms with E-state index < -0.39 is 60.2 Å². The molecular weight excluding hydrogens is 754 g/mol. The molecule has 18 nitrogen and oxygen atoms in total. The molecule has 0 bridgehead atoms. The molecule has 1 fully saturated rings. The molecular formula is C40H47N7O11. The number of ether oxygens (including phenoxy) is 3. The zero-order valence-corrected chi connectivity index (χ0v) is 31.8. The van der Waals surface area contributed by atoms with Gasteiger partial charge >= 0.3 is 0 Å². The summed E-state index contributed by atoms with van der Waals surface area (Å²) in [5.74, 6) is -1.74. The summed E-state index contributed by atoms with van der Waals surface area (Å²) in [5, 5.41) is 69.6. The number of aliphatic hydroxyl groups excluding tert-OH is 4. The normalized spacial score (nSPS) is 22.2. The minimum Gasteiger partial charge on any atom is -0.507 e. The summed E-state index contributed by atoms with van der Waals surface area (Å²) in [7, 11) is 2.77. The van der Waals surface area contributed by atoms with Crippen molar-refractivity contribution < 1.29 is 54.4 Å². The first-order valence-corrected chi connectivity index (χ1v) is 18.5. The first-order valence-electron chi connectivity index (χ1n) is 18.5. The SMILES string of the molecule is CN=C(N)NC(CCO)c1c(CCc2ccc(N)nc2)cc2c(c1O)C(=O)c1c(OC3OC(CO)C(O)(CCc4ccnc(N)c4)C(O)C3O)cc(OC)cc1C2=O. The van der Waals surface area contributed by atoms with Crippen molar-refractivity contribution in [1.29, 1.82) is 0 Å². The maximum absolute atomic E-state index is 14.7. The Kier molecular flexibility index (Phi) is 12.5. The number of ketones is 2. The Hall–Kier alpha value is -5.89. The summed E-state index contributed by atoms with van der Waals surface area (Å²) in [6.07, 6.45) is -3.39. The number of aliphatic hydroxyl groups is 5. The first-order chi connectivity index (χ1) is 27.7. The number of hydrogen-bond acceptors (Lipinski definition) is 16. The number of fused-ring (bicyclic) bond motifs is 2. The number of benzene rings is 2. The van der Waals surface area contributed by atoms with Gasteiger partial charge in [-0.3, -0.25) is 14.6 Å². The second kappa shape index (κ2) is 17.3. The van der Waals surface area contributed by atoms with Crippen molar-refractivity contribution in [3.8, 4) is 17.2 Å². The Morgan fingerprint density at radius 1 is 0.983 bits per heavy atom. The minimum absolute atomic E-state index is 0.0110. The van der Waals surface area contributed by atoms with Crippen LogP contribution in [0.3, 0.4) is 0 Å². The van der Waals surface area contributed by atoms with Gasteiger partial charge in [0.25, 0.3) is 0 Å². The standard InChI is InChI=1S/C40H47N7O11/c1-44-39(43)47-25(9-12-48)30-21(5-3-20-4-6-28(41)46-17-20)14-23-32(34(30)51)35(52)31-24(33(23)50)15-22(56-2)16-26(31)57-38-36(53)37(54)40(55,27(18-49)58-38)10-7-19-8-11-45-29(42)13-19/h4,6,8,11,13-17,25,27,36-38,48-49,51,53-55H,3,5,7,9-10,12,18H2,1-2H3,(H2,41,46)(H2,42,45)(H3,43,44,47). The van der Waals surface area contributed by atoms with Crippen molar-refractivity contribution in [2.75, 3.05) is 38.8 Å². The van der Waals surface area contributed by atoms with Gasteiger partial charge in [0.2, 0.25) is 12.1 Å². The van der Waals surface area contributed by atoms with Crippen LogP contribution >= 0.6 is 0 Å². The summed E-state index contributed by atoms with van der Waals surface area (Å²) < 4.78 is 17.4. The van der Waals surface area contributed by atoms with Gasteiger partial charge in [0.15, 0.2) is 11.7 Å². The monoisotopic (exact) mass is 801 g/mol. The number of nitrogens with two attached hydrogens (primary N) is 3. The van der Waals surface area contributed by atoms with Gasteiger partial charge in [-0.05, 0) is 79.1 Å². The largest absolute Gasteiger partial charge is 0.507 e. The quantitative estimate of drug-likeness (QED) is 0.0524. The van der Waals surface area contributed by atoms with E-state index in [-0.39, 0.29) is 83.4 Å². The molecule has 2 aliphatic rings. The lowest BCUT2D eigenvalue weighted by atomic mass is 9.78. The van der Waals surface area contributed by atoms with Crippen molar-refractivity contribution >= 4 is 29.2 Å². The molecule has 4 aromatic rings. The fraction of sp³-hybridized carbons (Fsp3) is 0.375. The molecule has 308 valence electrons. The molecule has 6 unspecified atom stereocenters. The highest BCUT2D eigenvalue weighted by Gasteiger charge is 2.55. The molecule has 18 heteroatoms. The van der Waals surface area contributed by atoms with E-state index in [0.29, 0.717) is 23.4 Å². The average Bonchev–Trinajstić information content (AvgIpc) is 3.21. The Balaban J connectivity index is 1.39. The van der Waals surface area contributed by atoms with Crippen molar-refractivity contribution in [3.63, 3.8) is 0 Å². The molecule has 2 aromatic carbocycles. The van der Waals surface area contributed by atoms with Gasteiger partial charge in [-0.2, -0.15) is 0 Å². The number of methoxy groups -OCH3 is 1. The van der Waals surface area contributed by atoms with Crippen LogP contribution < -0.4 is 32.0 Å². The van der Waals surface area contributed by atoms with Crippen LogP contribution in [-0.4, -0.2) is 116 Å². The fourth-order valence-corrected chi connectivity index (χ4v) is 7.47. The van der Waals surface area contributed by atoms with E-state index in [4.69, 9.17) is 31.4 Å². The first kappa shape index (κ1) is 41.7. The average molecular weight is 802 g/mol. The Morgan fingerprint density at radius 3 is 2.40 bits per heavy atom. The zero-order chi connectivity index (χ0) is 41.9. The Morgan fingerprint density at radius 2 is 1.74 bits per heavy atom. The minimum atomic E-state index is -2.17. The number of carbonyl (C=O) groups is 2. The highest BCUT2D eigenvalue weighted by Crippen LogP contribution is 2.45. The summed E-state index contributed by atoms with van der Waals surface area (Å²) in [5.41, 5.74) is 16.6. The molecule has 1 saturated heterocycles. The number of aromatic hydroxyl groups is 1. The Labute approximate surface area is 332 Å². The lowest BCUT2D eigenvalue weighted by Gasteiger charge is -2.47. The molecule has 0 radical (unpaired) electrons. The number of nitrogens with zero attached hydrogens (tertiary/aromatic N) is 3.